The van der Waals surface area contributed by atoms with Gasteiger partial charge in [0.15, 0.2) is 0 Å². The summed E-state index contributed by atoms with van der Waals surface area (Å²) < 4.78 is 31.6. The maximum atomic E-state index is 13.1. The summed E-state index contributed by atoms with van der Waals surface area (Å²) >= 11 is 6.22. The summed E-state index contributed by atoms with van der Waals surface area (Å²) in [7, 11) is -2.26. The van der Waals surface area contributed by atoms with Crippen molar-refractivity contribution in [1.82, 2.24) is 10.2 Å². The number of hydrogen-bond donors (Lipinski definition) is 1. The van der Waals surface area contributed by atoms with E-state index in [1.165, 1.54) is 31.6 Å². The molecule has 0 unspecified atom stereocenters. The lowest BCUT2D eigenvalue weighted by Crippen LogP contribution is -2.49. The number of anilines is 1. The summed E-state index contributed by atoms with van der Waals surface area (Å²) in [5.41, 5.74) is 2.51. The molecule has 1 N–H and O–H groups in total. The predicted molar refractivity (Wildman–Crippen MR) is 132 cm³/mol. The first-order valence-corrected chi connectivity index (χ1v) is 13.4. The molecule has 0 radical (unpaired) electrons. The molecule has 9 heteroatoms. The molecular weight excluding hydrogens is 462 g/mol. The minimum atomic E-state index is -3.75. The van der Waals surface area contributed by atoms with Crippen molar-refractivity contribution >= 4 is 33.2 Å². The van der Waals surface area contributed by atoms with Gasteiger partial charge in [-0.3, -0.25) is 14.0 Å². The maximum absolute atomic E-state index is 13.1. The largest absolute Gasteiger partial charge is 0.495 e. The first-order chi connectivity index (χ1) is 15.7. The number of ether oxygens (including phenoxy) is 1. The highest BCUT2D eigenvalue weighted by Gasteiger charge is 2.31. The third kappa shape index (κ3) is 6.62. The Balaban J connectivity index is 1.74. The van der Waals surface area contributed by atoms with Crippen LogP contribution in [0.3, 0.4) is 0 Å². The lowest BCUT2D eigenvalue weighted by atomic mass is 10.1. The van der Waals surface area contributed by atoms with Crippen LogP contribution in [0.5, 0.6) is 5.75 Å². The highest BCUT2D eigenvalue weighted by molar-refractivity contribution is 7.92. The molecule has 33 heavy (non-hydrogen) atoms. The van der Waals surface area contributed by atoms with Crippen LogP contribution in [0.1, 0.15) is 37.3 Å². The van der Waals surface area contributed by atoms with Crippen molar-refractivity contribution < 1.29 is 17.9 Å². The third-order valence-corrected chi connectivity index (χ3v) is 7.26. The molecule has 0 saturated carbocycles. The van der Waals surface area contributed by atoms with Gasteiger partial charge in [-0.2, -0.15) is 0 Å². The fourth-order valence-corrected chi connectivity index (χ4v) is 5.65. The number of nitrogens with zero attached hydrogens (tertiary/aromatic N) is 2. The van der Waals surface area contributed by atoms with E-state index in [1.807, 2.05) is 12.1 Å². The van der Waals surface area contributed by atoms with Crippen LogP contribution in [0, 0.1) is 0 Å². The summed E-state index contributed by atoms with van der Waals surface area (Å²) in [5.74, 6) is 0.0694. The number of carbonyl (C=O) groups excluding carboxylic acids is 1. The average molecular weight is 494 g/mol. The SMILES string of the molecule is CC[C@@H](C(=O)NCc1cccc(CN2CCCC2)c1)N(c1ccc(OC)c(Cl)c1)S(C)(=O)=O. The second-order valence-electron chi connectivity index (χ2n) is 8.32. The number of rotatable bonds is 10. The van der Waals surface area contributed by atoms with Crippen molar-refractivity contribution in [3.63, 3.8) is 0 Å². The molecule has 2 aromatic carbocycles. The summed E-state index contributed by atoms with van der Waals surface area (Å²) in [4.78, 5) is 15.5. The van der Waals surface area contributed by atoms with Crippen LogP contribution in [0.15, 0.2) is 42.5 Å². The van der Waals surface area contributed by atoms with Crippen molar-refractivity contribution in [3.05, 3.63) is 58.6 Å². The molecule has 0 aromatic heterocycles. The van der Waals surface area contributed by atoms with Crippen LogP contribution in [0.25, 0.3) is 0 Å². The van der Waals surface area contributed by atoms with Crippen LogP contribution in [0.2, 0.25) is 5.02 Å². The van der Waals surface area contributed by atoms with Crippen molar-refractivity contribution in [2.75, 3.05) is 30.8 Å². The number of methoxy groups -OCH3 is 1. The Hall–Kier alpha value is -2.29. The predicted octanol–water partition coefficient (Wildman–Crippen LogP) is 3.81. The van der Waals surface area contributed by atoms with E-state index in [0.717, 1.165) is 35.8 Å². The molecule has 1 saturated heterocycles. The molecule has 0 aliphatic carbocycles. The molecule has 1 aliphatic rings. The Morgan fingerprint density at radius 1 is 1.18 bits per heavy atom. The number of hydrogen-bond acceptors (Lipinski definition) is 5. The zero-order valence-corrected chi connectivity index (χ0v) is 21.0. The van der Waals surface area contributed by atoms with E-state index >= 15 is 0 Å². The van der Waals surface area contributed by atoms with Gasteiger partial charge in [0.25, 0.3) is 0 Å². The maximum Gasteiger partial charge on any atom is 0.244 e. The fraction of sp³-hybridized carbons (Fsp3) is 0.458. The summed E-state index contributed by atoms with van der Waals surface area (Å²) in [5, 5.41) is 3.19. The van der Waals surface area contributed by atoms with E-state index in [2.05, 4.69) is 22.3 Å². The quantitative estimate of drug-likeness (QED) is 0.544. The van der Waals surface area contributed by atoms with Gasteiger partial charge >= 0.3 is 0 Å². The number of likely N-dealkylation sites (tertiary alicyclic amines) is 1. The lowest BCUT2D eigenvalue weighted by Gasteiger charge is -2.30. The zero-order chi connectivity index (χ0) is 24.0. The van der Waals surface area contributed by atoms with Crippen molar-refractivity contribution in [2.45, 2.75) is 45.3 Å². The molecule has 1 aliphatic heterocycles. The number of carbonyl (C=O) groups is 1. The van der Waals surface area contributed by atoms with Gasteiger partial charge in [-0.1, -0.05) is 42.8 Å². The first-order valence-electron chi connectivity index (χ1n) is 11.1. The van der Waals surface area contributed by atoms with E-state index in [9.17, 15) is 13.2 Å². The van der Waals surface area contributed by atoms with Crippen LogP contribution in [-0.2, 0) is 27.9 Å². The van der Waals surface area contributed by atoms with E-state index in [4.69, 9.17) is 16.3 Å². The van der Waals surface area contributed by atoms with Gasteiger partial charge in [0.1, 0.15) is 11.8 Å². The second kappa shape index (κ2) is 11.2. The van der Waals surface area contributed by atoms with E-state index in [0.29, 0.717) is 24.4 Å². The van der Waals surface area contributed by atoms with Crippen molar-refractivity contribution in [1.29, 1.82) is 0 Å². The van der Waals surface area contributed by atoms with Gasteiger partial charge in [-0.15, -0.1) is 0 Å². The van der Waals surface area contributed by atoms with Gasteiger partial charge < -0.3 is 10.1 Å². The number of amides is 1. The Morgan fingerprint density at radius 3 is 2.48 bits per heavy atom. The number of halogens is 1. The molecule has 1 amide bonds. The molecule has 2 aromatic rings. The average Bonchev–Trinajstić information content (AvgIpc) is 3.28. The Morgan fingerprint density at radius 2 is 1.88 bits per heavy atom. The molecule has 180 valence electrons. The van der Waals surface area contributed by atoms with Crippen LogP contribution in [0.4, 0.5) is 5.69 Å². The highest BCUT2D eigenvalue weighted by atomic mass is 35.5. The highest BCUT2D eigenvalue weighted by Crippen LogP contribution is 2.31. The number of nitrogens with one attached hydrogen (secondary N) is 1. The summed E-state index contributed by atoms with van der Waals surface area (Å²) in [6.07, 6.45) is 3.87. The Kier molecular flexibility index (Phi) is 8.62. The molecule has 7 nitrogen and oxygen atoms in total. The van der Waals surface area contributed by atoms with E-state index in [-0.39, 0.29) is 10.9 Å². The standard InChI is InChI=1S/C24H32ClN3O4S/c1-4-22(28(33(3,30)31)20-10-11-23(32-2)21(25)15-20)24(29)26-16-18-8-7-9-19(14-18)17-27-12-5-6-13-27/h7-11,14-15,22H,4-6,12-13,16-17H2,1-3H3,(H,26,29)/t22-/m0/s1. The zero-order valence-electron chi connectivity index (χ0n) is 19.4. The van der Waals surface area contributed by atoms with Crippen molar-refractivity contribution in [2.24, 2.45) is 0 Å². The third-order valence-electron chi connectivity index (χ3n) is 5.78. The summed E-state index contributed by atoms with van der Waals surface area (Å²) in [6, 6.07) is 11.9. The van der Waals surface area contributed by atoms with Gasteiger partial charge in [0.05, 0.1) is 24.1 Å². The molecular formula is C24H32ClN3O4S. The van der Waals surface area contributed by atoms with E-state index in [1.54, 1.807) is 19.1 Å². The Labute approximate surface area is 201 Å². The normalized spacial score (nSPS) is 15.3. The molecule has 1 fully saturated rings. The second-order valence-corrected chi connectivity index (χ2v) is 10.6. The number of benzene rings is 2. The smallest absolute Gasteiger partial charge is 0.244 e. The first kappa shape index (κ1) is 25.3. The van der Waals surface area contributed by atoms with Crippen molar-refractivity contribution in [3.8, 4) is 5.75 Å². The van der Waals surface area contributed by atoms with Gasteiger partial charge in [0, 0.05) is 13.1 Å². The molecule has 1 heterocycles. The van der Waals surface area contributed by atoms with Crippen LogP contribution >= 0.6 is 11.6 Å². The topological polar surface area (TPSA) is 79.0 Å². The minimum Gasteiger partial charge on any atom is -0.495 e. The van der Waals surface area contributed by atoms with E-state index < -0.39 is 16.1 Å². The van der Waals surface area contributed by atoms with Gasteiger partial charge in [-0.25, -0.2) is 8.42 Å². The molecule has 0 spiro atoms. The molecule has 3 rings (SSSR count). The van der Waals surface area contributed by atoms with Crippen LogP contribution in [-0.4, -0.2) is 51.7 Å². The lowest BCUT2D eigenvalue weighted by molar-refractivity contribution is -0.122. The molecule has 1 atom stereocenters. The van der Waals surface area contributed by atoms with Crippen LogP contribution < -0.4 is 14.4 Å². The van der Waals surface area contributed by atoms with Gasteiger partial charge in [-0.05, 0) is 61.7 Å². The Bertz CT molecular complexity index is 1070. The molecule has 0 bridgehead atoms. The number of sulfonamides is 1. The minimum absolute atomic E-state index is 0.272. The fourth-order valence-electron chi connectivity index (χ4n) is 4.20. The van der Waals surface area contributed by atoms with Gasteiger partial charge in [0.2, 0.25) is 15.9 Å². The monoisotopic (exact) mass is 493 g/mol. The summed E-state index contributed by atoms with van der Waals surface area (Å²) in [6.45, 7) is 5.25.